The van der Waals surface area contributed by atoms with E-state index >= 15 is 0 Å². The normalized spacial score (nSPS) is 14.7. The minimum absolute atomic E-state index is 0.548. The minimum Gasteiger partial charge on any atom is -0.303 e. The molecule has 1 nitrogen and oxygen atoms in total. The van der Waals surface area contributed by atoms with Crippen LogP contribution in [0, 0.1) is 11.8 Å². The van der Waals surface area contributed by atoms with Gasteiger partial charge < -0.3 is 4.79 Å². The number of carbonyl (C=O) groups is 1. The van der Waals surface area contributed by atoms with Crippen LogP contribution in [0.4, 0.5) is 0 Å². The van der Waals surface area contributed by atoms with Crippen LogP contribution in [0.25, 0.3) is 0 Å². The second-order valence-corrected chi connectivity index (χ2v) is 5.07. The van der Waals surface area contributed by atoms with Gasteiger partial charge in [-0.25, -0.2) is 0 Å². The molecular weight excluding hydrogens is 196 g/mol. The van der Waals surface area contributed by atoms with Crippen LogP contribution >= 0.6 is 0 Å². The highest BCUT2D eigenvalue weighted by molar-refractivity contribution is 5.54. The number of hydrogen-bond acceptors (Lipinski definition) is 1. The van der Waals surface area contributed by atoms with Gasteiger partial charge in [0.15, 0.2) is 0 Å². The van der Waals surface area contributed by atoms with Crippen molar-refractivity contribution in [3.8, 4) is 0 Å². The summed E-state index contributed by atoms with van der Waals surface area (Å²) in [5.41, 5.74) is 1.13. The van der Waals surface area contributed by atoms with E-state index in [4.69, 9.17) is 0 Å². The average Bonchev–Trinajstić information content (AvgIpc) is 2.17. The van der Waals surface area contributed by atoms with E-state index in [0.29, 0.717) is 12.3 Å². The Morgan fingerprint density at radius 3 is 2.44 bits per heavy atom. The summed E-state index contributed by atoms with van der Waals surface area (Å²) < 4.78 is 0. The quantitative estimate of drug-likeness (QED) is 0.435. The summed E-state index contributed by atoms with van der Waals surface area (Å²) in [6, 6.07) is 0. The van der Waals surface area contributed by atoms with E-state index in [0.717, 1.165) is 17.8 Å². The van der Waals surface area contributed by atoms with Gasteiger partial charge in [0.1, 0.15) is 6.29 Å². The Morgan fingerprint density at radius 1 is 1.19 bits per heavy atom. The highest BCUT2D eigenvalue weighted by atomic mass is 16.1. The molecule has 0 aliphatic carbocycles. The predicted molar refractivity (Wildman–Crippen MR) is 71.4 cm³/mol. The van der Waals surface area contributed by atoms with Crippen molar-refractivity contribution < 1.29 is 4.79 Å². The molecule has 1 atom stereocenters. The van der Waals surface area contributed by atoms with Gasteiger partial charge in [-0.05, 0) is 25.2 Å². The van der Waals surface area contributed by atoms with E-state index in [2.05, 4.69) is 32.9 Å². The molecule has 0 spiro atoms. The van der Waals surface area contributed by atoms with Gasteiger partial charge in [-0.15, -0.1) is 0 Å². The summed E-state index contributed by atoms with van der Waals surface area (Å²) in [5.74, 6) is 1.45. The van der Waals surface area contributed by atoms with Crippen LogP contribution in [0.5, 0.6) is 0 Å². The van der Waals surface area contributed by atoms with E-state index in [-0.39, 0.29) is 0 Å². The maximum Gasteiger partial charge on any atom is 0.124 e. The van der Waals surface area contributed by atoms with Gasteiger partial charge in [0, 0.05) is 6.42 Å². The molecule has 0 saturated carbocycles. The second kappa shape index (κ2) is 9.38. The van der Waals surface area contributed by atoms with Crippen molar-refractivity contribution >= 4 is 6.29 Å². The molecule has 0 heterocycles. The minimum atomic E-state index is 0.548. The topological polar surface area (TPSA) is 17.1 Å². The van der Waals surface area contributed by atoms with E-state index in [1.165, 1.54) is 19.3 Å². The van der Waals surface area contributed by atoms with Crippen molar-refractivity contribution in [2.45, 2.75) is 53.4 Å². The molecule has 16 heavy (non-hydrogen) atoms. The fraction of sp³-hybridized carbons (Fsp3) is 0.667. The van der Waals surface area contributed by atoms with Crippen molar-refractivity contribution in [3.05, 3.63) is 23.8 Å². The first kappa shape index (κ1) is 15.2. The number of allylic oxidation sites excluding steroid dienone is 4. The lowest BCUT2D eigenvalue weighted by Gasteiger charge is -2.07. The van der Waals surface area contributed by atoms with Crippen molar-refractivity contribution in [2.75, 3.05) is 0 Å². The summed E-state index contributed by atoms with van der Waals surface area (Å²) in [4.78, 5) is 10.3. The average molecular weight is 222 g/mol. The van der Waals surface area contributed by atoms with E-state index in [1.807, 2.05) is 13.0 Å². The van der Waals surface area contributed by atoms with Gasteiger partial charge in [0.2, 0.25) is 0 Å². The molecule has 0 aromatic carbocycles. The smallest absolute Gasteiger partial charge is 0.124 e. The van der Waals surface area contributed by atoms with Gasteiger partial charge in [0.25, 0.3) is 0 Å². The fourth-order valence-corrected chi connectivity index (χ4v) is 1.55. The SMILES string of the molecule is CC(=CC=CC(C)CCCC(C)C)CC=O. The van der Waals surface area contributed by atoms with Gasteiger partial charge in [-0.3, -0.25) is 0 Å². The lowest BCUT2D eigenvalue weighted by molar-refractivity contribution is -0.107. The molecule has 0 saturated heterocycles. The van der Waals surface area contributed by atoms with Crippen molar-refractivity contribution in [1.82, 2.24) is 0 Å². The summed E-state index contributed by atoms with van der Waals surface area (Å²) in [7, 11) is 0. The Balaban J connectivity index is 3.77. The molecule has 0 aromatic rings. The Labute approximate surface area is 101 Å². The molecule has 0 aliphatic rings. The fourth-order valence-electron chi connectivity index (χ4n) is 1.55. The first-order valence-corrected chi connectivity index (χ1v) is 6.33. The Hall–Kier alpha value is -0.850. The van der Waals surface area contributed by atoms with Crippen LogP contribution in [0.3, 0.4) is 0 Å². The van der Waals surface area contributed by atoms with E-state index < -0.39 is 0 Å². The third kappa shape index (κ3) is 9.70. The van der Waals surface area contributed by atoms with Crippen LogP contribution in [0.2, 0.25) is 0 Å². The van der Waals surface area contributed by atoms with E-state index in [9.17, 15) is 4.79 Å². The molecular formula is C15H26O. The molecule has 0 radical (unpaired) electrons. The monoisotopic (exact) mass is 222 g/mol. The summed E-state index contributed by atoms with van der Waals surface area (Å²) in [6.07, 6.45) is 11.7. The number of carbonyl (C=O) groups excluding carboxylic acids is 1. The second-order valence-electron chi connectivity index (χ2n) is 5.07. The van der Waals surface area contributed by atoms with Crippen molar-refractivity contribution in [1.29, 1.82) is 0 Å². The van der Waals surface area contributed by atoms with Gasteiger partial charge in [0.05, 0.1) is 0 Å². The van der Waals surface area contributed by atoms with Gasteiger partial charge in [-0.1, -0.05) is 57.4 Å². The van der Waals surface area contributed by atoms with Crippen LogP contribution in [0.15, 0.2) is 23.8 Å². The van der Waals surface area contributed by atoms with Crippen molar-refractivity contribution in [3.63, 3.8) is 0 Å². The standard InChI is InChI=1S/C15H26O/c1-13(2)7-5-8-14(3)9-6-10-15(4)11-12-16/h6,9-10,12-14H,5,7-8,11H2,1-4H3. The third-order valence-electron chi connectivity index (χ3n) is 2.67. The first-order chi connectivity index (χ1) is 7.56. The van der Waals surface area contributed by atoms with Gasteiger partial charge >= 0.3 is 0 Å². The highest BCUT2D eigenvalue weighted by Crippen LogP contribution is 2.13. The zero-order chi connectivity index (χ0) is 12.4. The molecule has 0 bridgehead atoms. The molecule has 0 fully saturated rings. The first-order valence-electron chi connectivity index (χ1n) is 6.33. The molecule has 0 amide bonds. The number of hydrogen-bond donors (Lipinski definition) is 0. The maximum absolute atomic E-state index is 10.3. The summed E-state index contributed by atoms with van der Waals surface area (Å²) >= 11 is 0. The Morgan fingerprint density at radius 2 is 1.88 bits per heavy atom. The van der Waals surface area contributed by atoms with Crippen LogP contribution in [-0.2, 0) is 4.79 Å². The molecule has 1 heteroatoms. The Kier molecular flexibility index (Phi) is 8.88. The summed E-state index contributed by atoms with van der Waals surface area (Å²) in [5, 5.41) is 0. The molecule has 0 aliphatic heterocycles. The zero-order valence-electron chi connectivity index (χ0n) is 11.2. The number of rotatable bonds is 8. The highest BCUT2D eigenvalue weighted by Gasteiger charge is 1.98. The van der Waals surface area contributed by atoms with Crippen LogP contribution in [-0.4, -0.2) is 6.29 Å². The molecule has 1 unspecified atom stereocenters. The Bertz CT molecular complexity index is 236. The van der Waals surface area contributed by atoms with Crippen LogP contribution in [0.1, 0.15) is 53.4 Å². The molecule has 0 rings (SSSR count). The predicted octanol–water partition coefficient (Wildman–Crippen LogP) is 4.54. The van der Waals surface area contributed by atoms with Gasteiger partial charge in [-0.2, -0.15) is 0 Å². The zero-order valence-corrected chi connectivity index (χ0v) is 11.2. The molecule has 0 aromatic heterocycles. The number of aldehydes is 1. The maximum atomic E-state index is 10.3. The lowest BCUT2D eigenvalue weighted by atomic mass is 9.99. The summed E-state index contributed by atoms with van der Waals surface area (Å²) in [6.45, 7) is 8.78. The van der Waals surface area contributed by atoms with Crippen molar-refractivity contribution in [2.24, 2.45) is 11.8 Å². The van der Waals surface area contributed by atoms with E-state index in [1.54, 1.807) is 0 Å². The third-order valence-corrected chi connectivity index (χ3v) is 2.67. The van der Waals surface area contributed by atoms with Crippen LogP contribution < -0.4 is 0 Å². The lowest BCUT2D eigenvalue weighted by Crippen LogP contribution is -1.92. The molecule has 0 N–H and O–H groups in total. The molecule has 92 valence electrons. The largest absolute Gasteiger partial charge is 0.303 e.